The first-order valence-corrected chi connectivity index (χ1v) is 5.19. The summed E-state index contributed by atoms with van der Waals surface area (Å²) in [4.78, 5) is 0. The van der Waals surface area contributed by atoms with E-state index >= 15 is 0 Å². The van der Waals surface area contributed by atoms with Crippen LogP contribution < -0.4 is 4.74 Å². The topological polar surface area (TPSA) is 35.3 Å². The molecule has 0 unspecified atom stereocenters. The van der Waals surface area contributed by atoms with Crippen molar-refractivity contribution in [2.24, 2.45) is 0 Å². The van der Waals surface area contributed by atoms with Crippen LogP contribution in [-0.4, -0.2) is 24.6 Å². The monoisotopic (exact) mass is 207 g/mol. The van der Waals surface area contributed by atoms with Crippen molar-refractivity contribution in [2.75, 3.05) is 13.7 Å². The molecule has 1 aromatic rings. The van der Waals surface area contributed by atoms with Crippen LogP contribution in [0.3, 0.4) is 0 Å². The second kappa shape index (κ2) is 6.06. The molecule has 1 aromatic carbocycles. The second-order valence-electron chi connectivity index (χ2n) is 3.40. The molecule has 0 spiro atoms. The van der Waals surface area contributed by atoms with Gasteiger partial charge in [0.15, 0.2) is 12.8 Å². The van der Waals surface area contributed by atoms with Gasteiger partial charge < -0.3 is 9.94 Å². The lowest BCUT2D eigenvalue weighted by Crippen LogP contribution is -2.07. The maximum atomic E-state index is 11.4. The molecule has 0 amide bonds. The molecule has 3 nitrogen and oxygen atoms in total. The molecule has 0 radical (unpaired) electrons. The van der Waals surface area contributed by atoms with Gasteiger partial charge in [-0.25, -0.2) is 4.74 Å². The minimum Gasteiger partial charge on any atom is -0.624 e. The third kappa shape index (κ3) is 4.02. The Bertz CT molecular complexity index is 334. The average Bonchev–Trinajstić information content (AvgIpc) is 2.26. The largest absolute Gasteiger partial charge is 0.624 e. The molecule has 15 heavy (non-hydrogen) atoms. The van der Waals surface area contributed by atoms with Gasteiger partial charge in [0.25, 0.3) is 0 Å². The zero-order valence-corrected chi connectivity index (χ0v) is 9.27. The minimum atomic E-state index is 0.549. The standard InChI is InChI=1S/C12H17NO2/c1-3-4-8-13(14)10-11-6-5-7-12(9-11)15-2/h5-7,9-10H,3-4,8H2,1-2H3/b13-10-. The summed E-state index contributed by atoms with van der Waals surface area (Å²) >= 11 is 0. The van der Waals surface area contributed by atoms with Gasteiger partial charge >= 0.3 is 0 Å². The molecule has 0 aliphatic carbocycles. The van der Waals surface area contributed by atoms with Crippen molar-refractivity contribution in [1.82, 2.24) is 0 Å². The number of rotatable bonds is 5. The van der Waals surface area contributed by atoms with Gasteiger partial charge in [0.2, 0.25) is 0 Å². The Morgan fingerprint density at radius 2 is 2.27 bits per heavy atom. The van der Waals surface area contributed by atoms with Crippen LogP contribution in [0.1, 0.15) is 25.3 Å². The predicted octanol–water partition coefficient (Wildman–Crippen LogP) is 2.42. The summed E-state index contributed by atoms with van der Waals surface area (Å²) in [5.41, 5.74) is 0.875. The summed E-state index contributed by atoms with van der Waals surface area (Å²) in [6.07, 6.45) is 3.55. The van der Waals surface area contributed by atoms with Gasteiger partial charge in [-0.1, -0.05) is 19.4 Å². The van der Waals surface area contributed by atoms with E-state index in [4.69, 9.17) is 4.74 Å². The quantitative estimate of drug-likeness (QED) is 0.322. The highest BCUT2D eigenvalue weighted by molar-refractivity contribution is 5.76. The van der Waals surface area contributed by atoms with Crippen LogP contribution >= 0.6 is 0 Å². The van der Waals surface area contributed by atoms with Crippen molar-refractivity contribution in [3.63, 3.8) is 0 Å². The smallest absolute Gasteiger partial charge is 0.181 e. The number of nitrogens with zero attached hydrogens (tertiary/aromatic N) is 1. The van der Waals surface area contributed by atoms with Crippen molar-refractivity contribution in [1.29, 1.82) is 0 Å². The highest BCUT2D eigenvalue weighted by Crippen LogP contribution is 2.10. The van der Waals surface area contributed by atoms with Gasteiger partial charge in [-0.3, -0.25) is 0 Å². The molecule has 0 aliphatic rings. The summed E-state index contributed by atoms with van der Waals surface area (Å²) in [6.45, 7) is 2.62. The molecular weight excluding hydrogens is 190 g/mol. The van der Waals surface area contributed by atoms with Crippen molar-refractivity contribution < 1.29 is 9.48 Å². The van der Waals surface area contributed by atoms with Crippen LogP contribution in [0.4, 0.5) is 0 Å². The van der Waals surface area contributed by atoms with E-state index in [2.05, 4.69) is 6.92 Å². The highest BCUT2D eigenvalue weighted by atomic mass is 16.5. The van der Waals surface area contributed by atoms with Gasteiger partial charge in [0.05, 0.1) is 7.11 Å². The van der Waals surface area contributed by atoms with Crippen LogP contribution in [0.5, 0.6) is 5.75 Å². The summed E-state index contributed by atoms with van der Waals surface area (Å²) in [7, 11) is 1.62. The Morgan fingerprint density at radius 3 is 2.93 bits per heavy atom. The Kier molecular flexibility index (Phi) is 4.68. The van der Waals surface area contributed by atoms with Crippen LogP contribution in [0.15, 0.2) is 24.3 Å². The molecule has 0 fully saturated rings. The van der Waals surface area contributed by atoms with E-state index in [0.29, 0.717) is 6.54 Å². The molecule has 0 atom stereocenters. The molecule has 82 valence electrons. The lowest BCUT2D eigenvalue weighted by atomic mass is 10.2. The third-order valence-electron chi connectivity index (χ3n) is 2.12. The molecule has 0 N–H and O–H groups in total. The zero-order valence-electron chi connectivity index (χ0n) is 9.27. The van der Waals surface area contributed by atoms with Crippen LogP contribution in [0.25, 0.3) is 0 Å². The van der Waals surface area contributed by atoms with Crippen LogP contribution in [0.2, 0.25) is 0 Å². The van der Waals surface area contributed by atoms with E-state index < -0.39 is 0 Å². The fourth-order valence-electron chi connectivity index (χ4n) is 1.27. The molecule has 1 rings (SSSR count). The summed E-state index contributed by atoms with van der Waals surface area (Å²) in [6, 6.07) is 7.47. The molecular formula is C12H17NO2. The maximum Gasteiger partial charge on any atom is 0.181 e. The molecule has 3 heteroatoms. The summed E-state index contributed by atoms with van der Waals surface area (Å²) < 4.78 is 6.05. The van der Waals surface area contributed by atoms with Crippen LogP contribution in [-0.2, 0) is 0 Å². The number of methoxy groups -OCH3 is 1. The Balaban J connectivity index is 2.69. The Morgan fingerprint density at radius 1 is 1.47 bits per heavy atom. The second-order valence-corrected chi connectivity index (χ2v) is 3.40. The maximum absolute atomic E-state index is 11.4. The Hall–Kier alpha value is -1.51. The van der Waals surface area contributed by atoms with Gasteiger partial charge in [0, 0.05) is 12.0 Å². The number of unbranched alkanes of at least 4 members (excludes halogenated alkanes) is 1. The molecule has 0 saturated heterocycles. The highest BCUT2D eigenvalue weighted by Gasteiger charge is 1.97. The fraction of sp³-hybridized carbons (Fsp3) is 0.417. The van der Waals surface area contributed by atoms with Crippen molar-refractivity contribution in [3.05, 3.63) is 35.0 Å². The van der Waals surface area contributed by atoms with Crippen molar-refractivity contribution in [2.45, 2.75) is 19.8 Å². The fourth-order valence-corrected chi connectivity index (χ4v) is 1.27. The Labute approximate surface area is 90.6 Å². The van der Waals surface area contributed by atoms with Gasteiger partial charge in [-0.15, -0.1) is 0 Å². The van der Waals surface area contributed by atoms with Crippen molar-refractivity contribution >= 4 is 6.21 Å². The molecule has 0 aromatic heterocycles. The number of ether oxygens (including phenoxy) is 1. The third-order valence-corrected chi connectivity index (χ3v) is 2.12. The van der Waals surface area contributed by atoms with E-state index in [1.807, 2.05) is 24.3 Å². The predicted molar refractivity (Wildman–Crippen MR) is 61.6 cm³/mol. The molecule has 0 bridgehead atoms. The summed E-state index contributed by atoms with van der Waals surface area (Å²) in [5.74, 6) is 0.771. The van der Waals surface area contributed by atoms with Gasteiger partial charge in [-0.05, 0) is 18.2 Å². The van der Waals surface area contributed by atoms with E-state index in [1.54, 1.807) is 13.3 Å². The van der Waals surface area contributed by atoms with Gasteiger partial charge in [0.1, 0.15) is 5.75 Å². The zero-order chi connectivity index (χ0) is 11.1. The van der Waals surface area contributed by atoms with E-state index in [9.17, 15) is 5.21 Å². The lowest BCUT2D eigenvalue weighted by molar-refractivity contribution is -0.452. The molecule has 0 aliphatic heterocycles. The lowest BCUT2D eigenvalue weighted by Gasteiger charge is -2.03. The van der Waals surface area contributed by atoms with Crippen molar-refractivity contribution in [3.8, 4) is 5.75 Å². The number of hydrogen-bond acceptors (Lipinski definition) is 2. The molecule has 0 heterocycles. The van der Waals surface area contributed by atoms with E-state index in [-0.39, 0.29) is 0 Å². The molecule has 0 saturated carbocycles. The SMILES string of the molecule is CCCC/[N+]([O-])=C/c1cccc(OC)c1. The number of hydroxylamine groups is 1. The first-order valence-electron chi connectivity index (χ1n) is 5.19. The van der Waals surface area contributed by atoms with E-state index in [0.717, 1.165) is 28.9 Å². The number of hydrogen-bond donors (Lipinski definition) is 0. The minimum absolute atomic E-state index is 0.549. The van der Waals surface area contributed by atoms with E-state index in [1.165, 1.54) is 0 Å². The van der Waals surface area contributed by atoms with Gasteiger partial charge in [-0.2, -0.15) is 0 Å². The van der Waals surface area contributed by atoms with Crippen LogP contribution in [0, 0.1) is 5.21 Å². The first kappa shape index (κ1) is 11.6. The summed E-state index contributed by atoms with van der Waals surface area (Å²) in [5, 5.41) is 11.4. The normalized spacial score (nSPS) is 11.5. The first-order chi connectivity index (χ1) is 7.26. The average molecular weight is 207 g/mol. The number of benzene rings is 1.